The number of urea groups is 1. The molecule has 33 heavy (non-hydrogen) atoms. The standard InChI is InChI=1S/C25H35N3O5/c1-24(2,3)22(29)33-25(4,16-18-9-7-6-8-10-18)28(23(27)30)17-19-11-12-20(32-14-13-26)21(15-19)31-5/h6-12,15H,13-14,16-17,26H2,1-5H3,(H2,27,30)/t25-/m1/s1. The van der Waals surface area contributed by atoms with Crippen molar-refractivity contribution in [2.24, 2.45) is 16.9 Å². The summed E-state index contributed by atoms with van der Waals surface area (Å²) in [6.07, 6.45) is 0.271. The molecule has 0 bridgehead atoms. The summed E-state index contributed by atoms with van der Waals surface area (Å²) < 4.78 is 17.0. The summed E-state index contributed by atoms with van der Waals surface area (Å²) in [4.78, 5) is 26.8. The number of ether oxygens (including phenoxy) is 3. The van der Waals surface area contributed by atoms with Gasteiger partial charge in [-0.2, -0.15) is 0 Å². The first kappa shape index (κ1) is 26.0. The first-order valence-corrected chi connectivity index (χ1v) is 10.8. The van der Waals surface area contributed by atoms with Crippen LogP contribution in [-0.2, 0) is 22.5 Å². The molecule has 8 heteroatoms. The van der Waals surface area contributed by atoms with Crippen LogP contribution in [0.3, 0.4) is 0 Å². The number of esters is 1. The Balaban J connectivity index is 2.42. The summed E-state index contributed by atoms with van der Waals surface area (Å²) in [5.74, 6) is 0.612. The molecule has 2 amide bonds. The lowest BCUT2D eigenvalue weighted by atomic mass is 9.96. The highest BCUT2D eigenvalue weighted by molar-refractivity contribution is 5.77. The minimum atomic E-state index is -1.32. The van der Waals surface area contributed by atoms with E-state index in [-0.39, 0.29) is 13.0 Å². The fourth-order valence-electron chi connectivity index (χ4n) is 3.27. The Morgan fingerprint density at radius 2 is 1.64 bits per heavy atom. The van der Waals surface area contributed by atoms with Crippen molar-refractivity contribution in [2.75, 3.05) is 20.3 Å². The Bertz CT molecular complexity index is 943. The average Bonchev–Trinajstić information content (AvgIpc) is 2.75. The Hall–Kier alpha value is -3.26. The van der Waals surface area contributed by atoms with Crippen molar-refractivity contribution in [2.45, 2.75) is 46.4 Å². The molecule has 2 rings (SSSR count). The molecule has 0 aliphatic rings. The normalized spacial score (nSPS) is 13.0. The Labute approximate surface area is 195 Å². The zero-order valence-electron chi connectivity index (χ0n) is 20.1. The van der Waals surface area contributed by atoms with E-state index in [9.17, 15) is 9.59 Å². The third kappa shape index (κ3) is 7.12. The average molecular weight is 458 g/mol. The molecule has 2 aromatic rings. The summed E-state index contributed by atoms with van der Waals surface area (Å²) in [6, 6.07) is 14.1. The molecule has 0 unspecified atom stereocenters. The van der Waals surface area contributed by atoms with Crippen molar-refractivity contribution in [1.82, 2.24) is 4.90 Å². The van der Waals surface area contributed by atoms with Crippen molar-refractivity contribution in [3.63, 3.8) is 0 Å². The lowest BCUT2D eigenvalue weighted by Crippen LogP contribution is -2.56. The van der Waals surface area contributed by atoms with Crippen LogP contribution in [0.4, 0.5) is 4.79 Å². The van der Waals surface area contributed by atoms with Crippen molar-refractivity contribution >= 4 is 12.0 Å². The van der Waals surface area contributed by atoms with Crippen molar-refractivity contribution < 1.29 is 23.8 Å². The SMILES string of the molecule is COc1cc(CN(C(N)=O)[C@@](C)(Cc2ccccc2)OC(=O)C(C)(C)C)ccc1OCCN. The number of primary amides is 1. The number of carbonyl (C=O) groups is 2. The molecule has 0 aliphatic carbocycles. The number of hydrogen-bond acceptors (Lipinski definition) is 6. The monoisotopic (exact) mass is 457 g/mol. The van der Waals surface area contributed by atoms with Gasteiger partial charge in [0.1, 0.15) is 6.61 Å². The third-order valence-electron chi connectivity index (χ3n) is 5.08. The van der Waals surface area contributed by atoms with Gasteiger partial charge in [0.05, 0.1) is 19.1 Å². The molecule has 2 aromatic carbocycles. The summed E-state index contributed by atoms with van der Waals surface area (Å²) >= 11 is 0. The summed E-state index contributed by atoms with van der Waals surface area (Å²) in [5.41, 5.74) is 10.9. The highest BCUT2D eigenvalue weighted by Gasteiger charge is 2.41. The number of amides is 2. The minimum absolute atomic E-state index is 0.101. The van der Waals surface area contributed by atoms with Crippen LogP contribution in [0.25, 0.3) is 0 Å². The van der Waals surface area contributed by atoms with Gasteiger partial charge in [-0.05, 0) is 51.0 Å². The summed E-state index contributed by atoms with van der Waals surface area (Å²) in [6.45, 7) is 7.81. The van der Waals surface area contributed by atoms with Gasteiger partial charge in [-0.1, -0.05) is 36.4 Å². The number of rotatable bonds is 10. The second kappa shape index (κ2) is 11.0. The highest BCUT2D eigenvalue weighted by atomic mass is 16.6. The van der Waals surface area contributed by atoms with Crippen LogP contribution in [0.1, 0.15) is 38.8 Å². The van der Waals surface area contributed by atoms with E-state index in [0.29, 0.717) is 24.7 Å². The zero-order chi connectivity index (χ0) is 24.6. The van der Waals surface area contributed by atoms with Gasteiger partial charge in [0, 0.05) is 13.0 Å². The van der Waals surface area contributed by atoms with Crippen LogP contribution < -0.4 is 20.9 Å². The van der Waals surface area contributed by atoms with Gasteiger partial charge < -0.3 is 25.7 Å². The molecule has 8 nitrogen and oxygen atoms in total. The van der Waals surface area contributed by atoms with Crippen molar-refractivity contribution in [3.8, 4) is 11.5 Å². The van der Waals surface area contributed by atoms with Gasteiger partial charge in [0.25, 0.3) is 0 Å². The predicted octanol–water partition coefficient (Wildman–Crippen LogP) is 3.46. The van der Waals surface area contributed by atoms with E-state index >= 15 is 0 Å². The maximum Gasteiger partial charge on any atom is 0.318 e. The second-order valence-electron chi connectivity index (χ2n) is 9.02. The molecular formula is C25H35N3O5. The number of methoxy groups -OCH3 is 1. The van der Waals surface area contributed by atoms with Gasteiger partial charge in [0.2, 0.25) is 0 Å². The number of nitrogens with zero attached hydrogens (tertiary/aromatic N) is 1. The van der Waals surface area contributed by atoms with Gasteiger partial charge in [-0.25, -0.2) is 4.79 Å². The van der Waals surface area contributed by atoms with E-state index in [2.05, 4.69) is 0 Å². The Kier molecular flexibility index (Phi) is 8.70. The number of carbonyl (C=O) groups excluding carboxylic acids is 2. The van der Waals surface area contributed by atoms with Crippen molar-refractivity contribution in [1.29, 1.82) is 0 Å². The molecule has 0 aliphatic heterocycles. The lowest BCUT2D eigenvalue weighted by Gasteiger charge is -2.41. The van der Waals surface area contributed by atoms with Crippen LogP contribution in [0.5, 0.6) is 11.5 Å². The van der Waals surface area contributed by atoms with E-state index in [4.69, 9.17) is 25.7 Å². The maximum atomic E-state index is 12.8. The topological polar surface area (TPSA) is 117 Å². The third-order valence-corrected chi connectivity index (χ3v) is 5.08. The van der Waals surface area contributed by atoms with E-state index in [1.807, 2.05) is 30.3 Å². The van der Waals surface area contributed by atoms with Gasteiger partial charge in [0.15, 0.2) is 17.2 Å². The summed E-state index contributed by atoms with van der Waals surface area (Å²) in [5, 5.41) is 0. The van der Waals surface area contributed by atoms with Crippen LogP contribution in [0, 0.1) is 5.41 Å². The maximum absolute atomic E-state index is 12.8. The molecule has 0 saturated heterocycles. The van der Waals surface area contributed by atoms with Gasteiger partial charge in [-0.3, -0.25) is 9.69 Å². The molecule has 0 aromatic heterocycles. The van der Waals surface area contributed by atoms with Crippen LogP contribution in [-0.4, -0.2) is 42.9 Å². The Morgan fingerprint density at radius 1 is 0.970 bits per heavy atom. The van der Waals surface area contributed by atoms with Crippen molar-refractivity contribution in [3.05, 3.63) is 59.7 Å². The second-order valence-corrected chi connectivity index (χ2v) is 9.02. The molecule has 0 heterocycles. The molecule has 0 spiro atoms. The first-order valence-electron chi connectivity index (χ1n) is 10.8. The quantitative estimate of drug-likeness (QED) is 0.417. The molecule has 180 valence electrons. The minimum Gasteiger partial charge on any atom is -0.493 e. The van der Waals surface area contributed by atoms with Crippen LogP contribution >= 0.6 is 0 Å². The van der Waals surface area contributed by atoms with E-state index in [1.54, 1.807) is 45.9 Å². The predicted molar refractivity (Wildman–Crippen MR) is 127 cm³/mol. The Morgan fingerprint density at radius 3 is 2.18 bits per heavy atom. The highest BCUT2D eigenvalue weighted by Crippen LogP contribution is 2.32. The molecule has 0 fully saturated rings. The van der Waals surface area contributed by atoms with Crippen LogP contribution in [0.2, 0.25) is 0 Å². The number of benzene rings is 2. The van der Waals surface area contributed by atoms with Gasteiger partial charge >= 0.3 is 12.0 Å². The number of hydrogen-bond donors (Lipinski definition) is 2. The lowest BCUT2D eigenvalue weighted by molar-refractivity contribution is -0.184. The van der Waals surface area contributed by atoms with E-state index in [1.165, 1.54) is 12.0 Å². The molecule has 0 radical (unpaired) electrons. The van der Waals surface area contributed by atoms with E-state index < -0.39 is 23.1 Å². The molecule has 1 atom stereocenters. The largest absolute Gasteiger partial charge is 0.493 e. The van der Waals surface area contributed by atoms with Gasteiger partial charge in [-0.15, -0.1) is 0 Å². The summed E-state index contributed by atoms with van der Waals surface area (Å²) in [7, 11) is 1.53. The first-order chi connectivity index (χ1) is 15.5. The molecule has 4 N–H and O–H groups in total. The molecule has 0 saturated carbocycles. The number of nitrogens with two attached hydrogens (primary N) is 2. The van der Waals surface area contributed by atoms with Crippen LogP contribution in [0.15, 0.2) is 48.5 Å². The fraction of sp³-hybridized carbons (Fsp3) is 0.440. The smallest absolute Gasteiger partial charge is 0.318 e. The fourth-order valence-corrected chi connectivity index (χ4v) is 3.27. The zero-order valence-corrected chi connectivity index (χ0v) is 20.1. The van der Waals surface area contributed by atoms with E-state index in [0.717, 1.165) is 11.1 Å². The molecular weight excluding hydrogens is 422 g/mol.